The van der Waals surface area contributed by atoms with E-state index in [1.165, 1.54) is 13.4 Å². The number of aromatic nitrogens is 4. The molecule has 0 atom stereocenters. The van der Waals surface area contributed by atoms with Gasteiger partial charge in [0.15, 0.2) is 15.7 Å². The fourth-order valence-corrected chi connectivity index (χ4v) is 3.92. The average Bonchev–Trinajstić information content (AvgIpc) is 2.92. The van der Waals surface area contributed by atoms with Crippen LogP contribution in [0.25, 0.3) is 10.9 Å². The Morgan fingerprint density at radius 1 is 1.11 bits per heavy atom. The Bertz CT molecular complexity index is 1110. The van der Waals surface area contributed by atoms with Gasteiger partial charge in [-0.25, -0.2) is 18.4 Å². The van der Waals surface area contributed by atoms with Gasteiger partial charge in [-0.3, -0.25) is 5.10 Å². The number of hydrogen-bond donors (Lipinski definition) is 2. The molecule has 0 fully saturated rings. The van der Waals surface area contributed by atoms with Crippen molar-refractivity contribution in [1.82, 2.24) is 20.2 Å². The second-order valence-electron chi connectivity index (χ2n) is 7.31. The number of methoxy groups -OCH3 is 1. The summed E-state index contributed by atoms with van der Waals surface area (Å²) >= 11 is 0. The minimum absolute atomic E-state index is 0.109. The van der Waals surface area contributed by atoms with Gasteiger partial charge in [0.2, 0.25) is 0 Å². The lowest BCUT2D eigenvalue weighted by Gasteiger charge is -2.21. The molecule has 0 bridgehead atoms. The number of anilines is 2. The molecule has 0 unspecified atom stereocenters. The summed E-state index contributed by atoms with van der Waals surface area (Å²) in [6.07, 6.45) is 1.41. The maximum atomic E-state index is 13.0. The largest absolute Gasteiger partial charge is 0.495 e. The van der Waals surface area contributed by atoms with E-state index in [1.807, 2.05) is 13.8 Å². The zero-order valence-electron chi connectivity index (χ0n) is 16.2. The normalized spacial score (nSPS) is 12.4. The topological polar surface area (TPSA) is 110 Å². The molecule has 0 aliphatic carbocycles. The van der Waals surface area contributed by atoms with Crippen LogP contribution in [0.4, 0.5) is 11.6 Å². The minimum atomic E-state index is -3.63. The molecule has 0 spiro atoms. The van der Waals surface area contributed by atoms with Gasteiger partial charge in [0.25, 0.3) is 0 Å². The summed E-state index contributed by atoms with van der Waals surface area (Å²) in [5.41, 5.74) is 2.47. The number of benzene rings is 1. The molecular weight excluding hydrogens is 366 g/mol. The average molecular weight is 389 g/mol. The molecule has 3 rings (SSSR count). The predicted molar refractivity (Wildman–Crippen MR) is 104 cm³/mol. The van der Waals surface area contributed by atoms with Crippen molar-refractivity contribution >= 4 is 32.4 Å². The smallest absolute Gasteiger partial charge is 0.186 e. The monoisotopic (exact) mass is 389 g/mol. The van der Waals surface area contributed by atoms with Crippen LogP contribution in [0.5, 0.6) is 5.75 Å². The first kappa shape index (κ1) is 19.1. The van der Waals surface area contributed by atoms with Crippen LogP contribution in [-0.2, 0) is 9.84 Å². The molecule has 0 aliphatic heterocycles. The quantitative estimate of drug-likeness (QED) is 0.704. The van der Waals surface area contributed by atoms with Gasteiger partial charge in [-0.1, -0.05) is 0 Å². The van der Waals surface area contributed by atoms with Crippen molar-refractivity contribution < 1.29 is 13.2 Å². The van der Waals surface area contributed by atoms with Gasteiger partial charge in [0.05, 0.1) is 17.4 Å². The first-order valence-electron chi connectivity index (χ1n) is 8.42. The van der Waals surface area contributed by atoms with Gasteiger partial charge < -0.3 is 10.1 Å². The van der Waals surface area contributed by atoms with Crippen molar-refractivity contribution in [2.75, 3.05) is 12.4 Å². The van der Waals surface area contributed by atoms with E-state index >= 15 is 0 Å². The van der Waals surface area contributed by atoms with E-state index in [4.69, 9.17) is 4.74 Å². The van der Waals surface area contributed by atoms with E-state index in [1.54, 1.807) is 32.9 Å². The highest BCUT2D eigenvalue weighted by Crippen LogP contribution is 2.36. The molecule has 0 radical (unpaired) electrons. The first-order chi connectivity index (χ1) is 12.6. The molecule has 9 heteroatoms. The molecule has 2 N–H and O–H groups in total. The van der Waals surface area contributed by atoms with Crippen LogP contribution >= 0.6 is 0 Å². The number of nitrogens with one attached hydrogen (secondary N) is 2. The number of rotatable bonds is 4. The van der Waals surface area contributed by atoms with E-state index in [9.17, 15) is 8.42 Å². The third kappa shape index (κ3) is 3.23. The van der Waals surface area contributed by atoms with Gasteiger partial charge in [-0.2, -0.15) is 5.10 Å². The maximum Gasteiger partial charge on any atom is 0.186 e. The Morgan fingerprint density at radius 2 is 1.81 bits per heavy atom. The summed E-state index contributed by atoms with van der Waals surface area (Å²) < 4.78 is 30.5. The predicted octanol–water partition coefficient (Wildman–Crippen LogP) is 3.29. The van der Waals surface area contributed by atoms with Crippen molar-refractivity contribution in [2.45, 2.75) is 44.3 Å². The lowest BCUT2D eigenvalue weighted by molar-refractivity contribution is 0.402. The molecule has 1 aromatic carbocycles. The number of hydrogen-bond acceptors (Lipinski definition) is 7. The van der Waals surface area contributed by atoms with E-state index < -0.39 is 14.6 Å². The summed E-state index contributed by atoms with van der Waals surface area (Å²) in [5, 5.41) is 10.9. The Kier molecular flexibility index (Phi) is 4.59. The minimum Gasteiger partial charge on any atom is -0.495 e. The summed E-state index contributed by atoms with van der Waals surface area (Å²) in [6.45, 7) is 8.82. The second kappa shape index (κ2) is 6.49. The number of H-pyrrole nitrogens is 1. The standard InChI is InChI=1S/C18H23N5O3S/c1-10-11(2)22-23-16(10)21-17-12-7-15(27(24,25)18(3,4)5)14(26-6)8-13(12)19-9-20-17/h7-9H,1-6H3,(H2,19,20,21,22,23). The summed E-state index contributed by atoms with van der Waals surface area (Å²) in [5.74, 6) is 1.36. The molecule has 0 saturated heterocycles. The number of aromatic amines is 1. The van der Waals surface area contributed by atoms with E-state index in [0.717, 1.165) is 11.3 Å². The third-order valence-corrected chi connectivity index (χ3v) is 7.02. The number of nitrogens with zero attached hydrogens (tertiary/aromatic N) is 3. The molecule has 27 heavy (non-hydrogen) atoms. The van der Waals surface area contributed by atoms with E-state index in [0.29, 0.717) is 22.5 Å². The van der Waals surface area contributed by atoms with Gasteiger partial charge in [0, 0.05) is 22.7 Å². The second-order valence-corrected chi connectivity index (χ2v) is 9.98. The first-order valence-corrected chi connectivity index (χ1v) is 9.90. The zero-order chi connectivity index (χ0) is 20.0. The van der Waals surface area contributed by atoms with Crippen molar-refractivity contribution in [3.63, 3.8) is 0 Å². The van der Waals surface area contributed by atoms with Gasteiger partial charge >= 0.3 is 0 Å². The number of aryl methyl sites for hydroxylation is 1. The van der Waals surface area contributed by atoms with Crippen LogP contribution in [0.1, 0.15) is 32.0 Å². The summed E-state index contributed by atoms with van der Waals surface area (Å²) in [4.78, 5) is 8.64. The highest BCUT2D eigenvalue weighted by Gasteiger charge is 2.34. The Labute approximate surface area is 158 Å². The van der Waals surface area contributed by atoms with Crippen molar-refractivity contribution in [3.05, 3.63) is 29.7 Å². The molecule has 2 aromatic heterocycles. The fourth-order valence-electron chi connectivity index (χ4n) is 2.58. The van der Waals surface area contributed by atoms with Gasteiger partial charge in [-0.05, 0) is 40.7 Å². The fraction of sp³-hybridized carbons (Fsp3) is 0.389. The summed E-state index contributed by atoms with van der Waals surface area (Å²) in [6, 6.07) is 3.18. The maximum absolute atomic E-state index is 13.0. The molecule has 0 aliphatic rings. The zero-order valence-corrected chi connectivity index (χ0v) is 17.0. The third-order valence-electron chi connectivity index (χ3n) is 4.51. The SMILES string of the molecule is COc1cc2ncnc(Nc3n[nH]c(C)c3C)c2cc1S(=O)(=O)C(C)(C)C. The lowest BCUT2D eigenvalue weighted by Crippen LogP contribution is -2.28. The van der Waals surface area contributed by atoms with Crippen LogP contribution in [0.3, 0.4) is 0 Å². The Morgan fingerprint density at radius 3 is 2.37 bits per heavy atom. The van der Waals surface area contributed by atoms with Crippen molar-refractivity contribution in [1.29, 1.82) is 0 Å². The van der Waals surface area contributed by atoms with Crippen molar-refractivity contribution in [2.24, 2.45) is 0 Å². The Hall–Kier alpha value is -2.68. The summed E-state index contributed by atoms with van der Waals surface area (Å²) in [7, 11) is -2.19. The van der Waals surface area contributed by atoms with Gasteiger partial charge in [-0.15, -0.1) is 0 Å². The number of ether oxygens (including phenoxy) is 1. The molecule has 144 valence electrons. The number of sulfone groups is 1. The molecular formula is C18H23N5O3S. The molecule has 3 aromatic rings. The van der Waals surface area contributed by atoms with Crippen molar-refractivity contribution in [3.8, 4) is 5.75 Å². The van der Waals surface area contributed by atoms with Crippen LogP contribution in [0, 0.1) is 13.8 Å². The van der Waals surface area contributed by atoms with Crippen LogP contribution in [0.2, 0.25) is 0 Å². The van der Waals surface area contributed by atoms with E-state index in [2.05, 4.69) is 25.5 Å². The van der Waals surface area contributed by atoms with Crippen LogP contribution < -0.4 is 10.1 Å². The van der Waals surface area contributed by atoms with Crippen LogP contribution in [-0.4, -0.2) is 40.4 Å². The lowest BCUT2D eigenvalue weighted by atomic mass is 10.2. The molecule has 8 nitrogen and oxygen atoms in total. The van der Waals surface area contributed by atoms with Crippen LogP contribution in [0.15, 0.2) is 23.4 Å². The highest BCUT2D eigenvalue weighted by molar-refractivity contribution is 7.92. The Balaban J connectivity index is 2.23. The van der Waals surface area contributed by atoms with E-state index in [-0.39, 0.29) is 10.6 Å². The van der Waals surface area contributed by atoms with Gasteiger partial charge in [0.1, 0.15) is 22.8 Å². The molecule has 2 heterocycles. The number of fused-ring (bicyclic) bond motifs is 1. The molecule has 0 saturated carbocycles. The highest BCUT2D eigenvalue weighted by atomic mass is 32.2. The molecule has 0 amide bonds.